The fourth-order valence-electron chi connectivity index (χ4n) is 7.02. The van der Waals surface area contributed by atoms with E-state index in [1.165, 1.54) is 49.2 Å². The highest BCUT2D eigenvalue weighted by Crippen LogP contribution is 2.65. The number of unbranched alkanes of at least 4 members (excludes halogenated alkanes) is 2. The third-order valence-electron chi connectivity index (χ3n) is 8.63. The van der Waals surface area contributed by atoms with Gasteiger partial charge in [0.1, 0.15) is 5.78 Å². The molecule has 0 spiro atoms. The molecular formula is C24H36O2S2. The molecule has 0 N–H and O–H groups in total. The summed E-state index contributed by atoms with van der Waals surface area (Å²) in [6, 6.07) is 0. The third-order valence-corrected chi connectivity index (χ3v) is 11.2. The van der Waals surface area contributed by atoms with Gasteiger partial charge in [0.15, 0.2) is 5.78 Å². The standard InChI is InChI=1S/C24H36O2S2/c1-3-4-5-14-27-28-16-24-13-10-18(25)15-17(24)6-7-19-20-8-9-22(26)23(20,2)12-11-21(19)24/h15,19-21H,3-14,16H2,1-2H3/t19-,20-,21-,23-,24+/m0/s1. The zero-order valence-corrected chi connectivity index (χ0v) is 19.3. The number of Topliss-reactive ketones (excluding diaryl/α,β-unsaturated/α-hetero) is 1. The number of hydrogen-bond donors (Lipinski definition) is 0. The highest BCUT2D eigenvalue weighted by molar-refractivity contribution is 8.76. The van der Waals surface area contributed by atoms with E-state index in [0.717, 1.165) is 38.5 Å². The molecule has 3 fully saturated rings. The molecule has 4 heteroatoms. The van der Waals surface area contributed by atoms with Crippen LogP contribution < -0.4 is 0 Å². The van der Waals surface area contributed by atoms with Gasteiger partial charge < -0.3 is 0 Å². The third kappa shape index (κ3) is 3.55. The predicted octanol–water partition coefficient (Wildman–Crippen LogP) is 6.64. The van der Waals surface area contributed by atoms with E-state index in [4.69, 9.17) is 0 Å². The Morgan fingerprint density at radius 3 is 2.68 bits per heavy atom. The quantitative estimate of drug-likeness (QED) is 0.341. The molecule has 0 saturated heterocycles. The summed E-state index contributed by atoms with van der Waals surface area (Å²) in [4.78, 5) is 24.9. The average molecular weight is 421 g/mol. The lowest BCUT2D eigenvalue weighted by molar-refractivity contribution is -0.132. The molecule has 0 radical (unpaired) electrons. The zero-order chi connectivity index (χ0) is 19.8. The van der Waals surface area contributed by atoms with Gasteiger partial charge in [-0.05, 0) is 68.8 Å². The summed E-state index contributed by atoms with van der Waals surface area (Å²) in [6.07, 6.45) is 14.2. The molecule has 2 nitrogen and oxygen atoms in total. The van der Waals surface area contributed by atoms with Crippen LogP contribution >= 0.6 is 21.6 Å². The van der Waals surface area contributed by atoms with Crippen molar-refractivity contribution < 1.29 is 9.59 Å². The summed E-state index contributed by atoms with van der Waals surface area (Å²) in [5.74, 6) is 5.27. The lowest BCUT2D eigenvalue weighted by atomic mass is 9.47. The average Bonchev–Trinajstić information content (AvgIpc) is 2.99. The van der Waals surface area contributed by atoms with Gasteiger partial charge in [0, 0.05) is 35.2 Å². The molecule has 0 bridgehead atoms. The summed E-state index contributed by atoms with van der Waals surface area (Å²) in [7, 11) is 4.11. The fraction of sp³-hybridized carbons (Fsp3) is 0.833. The summed E-state index contributed by atoms with van der Waals surface area (Å²) < 4.78 is 0. The van der Waals surface area contributed by atoms with Crippen LogP contribution in [0.5, 0.6) is 0 Å². The molecule has 0 aliphatic heterocycles. The molecule has 0 heterocycles. The van der Waals surface area contributed by atoms with Gasteiger partial charge in [-0.25, -0.2) is 0 Å². The minimum atomic E-state index is -0.0455. The maximum atomic E-state index is 12.6. The molecular weight excluding hydrogens is 384 g/mol. The summed E-state index contributed by atoms with van der Waals surface area (Å²) in [5.41, 5.74) is 1.65. The molecule has 0 aromatic heterocycles. The van der Waals surface area contributed by atoms with Crippen molar-refractivity contribution in [3.8, 4) is 0 Å². The van der Waals surface area contributed by atoms with E-state index in [-0.39, 0.29) is 10.8 Å². The second-order valence-electron chi connectivity index (χ2n) is 9.92. The minimum Gasteiger partial charge on any atom is -0.299 e. The number of fused-ring (bicyclic) bond motifs is 5. The van der Waals surface area contributed by atoms with Crippen molar-refractivity contribution in [2.24, 2.45) is 28.6 Å². The first-order chi connectivity index (χ1) is 13.5. The zero-order valence-electron chi connectivity index (χ0n) is 17.6. The van der Waals surface area contributed by atoms with Gasteiger partial charge in [-0.2, -0.15) is 0 Å². The highest BCUT2D eigenvalue weighted by Gasteiger charge is 2.60. The van der Waals surface area contributed by atoms with Crippen molar-refractivity contribution in [2.45, 2.75) is 84.5 Å². The van der Waals surface area contributed by atoms with Gasteiger partial charge in [-0.15, -0.1) is 0 Å². The summed E-state index contributed by atoms with van der Waals surface area (Å²) in [5, 5.41) is 0. The number of hydrogen-bond acceptors (Lipinski definition) is 4. The van der Waals surface area contributed by atoms with Gasteiger partial charge >= 0.3 is 0 Å². The summed E-state index contributed by atoms with van der Waals surface area (Å²) >= 11 is 0. The van der Waals surface area contributed by atoms with Crippen LogP contribution in [0.15, 0.2) is 11.6 Å². The second-order valence-corrected chi connectivity index (χ2v) is 12.5. The van der Waals surface area contributed by atoms with Gasteiger partial charge in [0.25, 0.3) is 0 Å². The Bertz CT molecular complexity index is 657. The van der Waals surface area contributed by atoms with Crippen molar-refractivity contribution in [1.29, 1.82) is 0 Å². The molecule has 28 heavy (non-hydrogen) atoms. The van der Waals surface area contributed by atoms with E-state index in [1.807, 2.05) is 16.9 Å². The molecule has 4 aliphatic rings. The molecule has 5 atom stereocenters. The van der Waals surface area contributed by atoms with Crippen LogP contribution in [0.2, 0.25) is 0 Å². The first-order valence-corrected chi connectivity index (χ1v) is 14.0. The molecule has 4 rings (SSSR count). The molecule has 0 amide bonds. The van der Waals surface area contributed by atoms with Gasteiger partial charge in [-0.3, -0.25) is 9.59 Å². The van der Waals surface area contributed by atoms with E-state index < -0.39 is 0 Å². The van der Waals surface area contributed by atoms with Gasteiger partial charge in [0.05, 0.1) is 0 Å². The maximum absolute atomic E-state index is 12.6. The van der Waals surface area contributed by atoms with Crippen LogP contribution in [0.3, 0.4) is 0 Å². The van der Waals surface area contributed by atoms with Crippen LogP contribution in [0.4, 0.5) is 0 Å². The number of carbonyl (C=O) groups excluding carboxylic acids is 2. The van der Waals surface area contributed by atoms with E-state index in [0.29, 0.717) is 29.3 Å². The minimum absolute atomic E-state index is 0.0455. The Kier molecular flexibility index (Phi) is 6.38. The van der Waals surface area contributed by atoms with Crippen molar-refractivity contribution in [3.63, 3.8) is 0 Å². The molecule has 0 unspecified atom stereocenters. The molecule has 156 valence electrons. The van der Waals surface area contributed by atoms with Crippen LogP contribution in [0.25, 0.3) is 0 Å². The largest absolute Gasteiger partial charge is 0.299 e. The Morgan fingerprint density at radius 2 is 1.86 bits per heavy atom. The van der Waals surface area contributed by atoms with Crippen LogP contribution in [0, 0.1) is 28.6 Å². The molecule has 3 saturated carbocycles. The van der Waals surface area contributed by atoms with Crippen LogP contribution in [0.1, 0.15) is 84.5 Å². The van der Waals surface area contributed by atoms with Gasteiger partial charge in [0.2, 0.25) is 0 Å². The van der Waals surface area contributed by atoms with Gasteiger partial charge in [-0.1, -0.05) is 53.9 Å². The number of carbonyl (C=O) groups is 2. The first kappa shape index (κ1) is 21.0. The number of rotatable bonds is 7. The SMILES string of the molecule is CCCCCSSC[C@]12CCC(=O)C=C1CC[C@@H]1[C@@H]2CC[C@]2(C)C(=O)CC[C@@H]12. The monoisotopic (exact) mass is 420 g/mol. The number of allylic oxidation sites excluding steroid dienone is 1. The fourth-order valence-corrected chi connectivity index (χ4v) is 9.88. The lowest BCUT2D eigenvalue weighted by Gasteiger charge is -2.58. The molecule has 0 aromatic rings. The topological polar surface area (TPSA) is 34.1 Å². The summed E-state index contributed by atoms with van der Waals surface area (Å²) in [6.45, 7) is 4.53. The second kappa shape index (κ2) is 8.49. The maximum Gasteiger partial charge on any atom is 0.155 e. The van der Waals surface area contributed by atoms with Crippen molar-refractivity contribution >= 4 is 33.2 Å². The van der Waals surface area contributed by atoms with Crippen molar-refractivity contribution in [2.75, 3.05) is 11.5 Å². The smallest absolute Gasteiger partial charge is 0.155 e. The Balaban J connectivity index is 1.53. The predicted molar refractivity (Wildman–Crippen MR) is 120 cm³/mol. The molecule has 4 aliphatic carbocycles. The highest BCUT2D eigenvalue weighted by atomic mass is 33.1. The van der Waals surface area contributed by atoms with E-state index in [2.05, 4.69) is 24.6 Å². The van der Waals surface area contributed by atoms with E-state index >= 15 is 0 Å². The first-order valence-electron chi connectivity index (χ1n) is 11.5. The van der Waals surface area contributed by atoms with E-state index in [9.17, 15) is 9.59 Å². The molecule has 0 aromatic carbocycles. The van der Waals surface area contributed by atoms with Crippen LogP contribution in [-0.4, -0.2) is 23.1 Å². The van der Waals surface area contributed by atoms with Crippen molar-refractivity contribution in [3.05, 3.63) is 11.6 Å². The number of ketones is 2. The van der Waals surface area contributed by atoms with E-state index in [1.54, 1.807) is 0 Å². The Morgan fingerprint density at radius 1 is 1.00 bits per heavy atom. The lowest BCUT2D eigenvalue weighted by Crippen LogP contribution is -2.52. The normalized spacial score (nSPS) is 39.9. The van der Waals surface area contributed by atoms with Crippen LogP contribution in [-0.2, 0) is 9.59 Å². The Labute approximate surface area is 178 Å². The Hall–Kier alpha value is -0.220. The van der Waals surface area contributed by atoms with Crippen molar-refractivity contribution in [1.82, 2.24) is 0 Å².